The summed E-state index contributed by atoms with van der Waals surface area (Å²) in [5, 5.41) is 11.6. The van der Waals surface area contributed by atoms with Crippen molar-refractivity contribution in [2.75, 3.05) is 4.90 Å². The van der Waals surface area contributed by atoms with Crippen LogP contribution < -0.4 is 4.90 Å². The van der Waals surface area contributed by atoms with Crippen molar-refractivity contribution in [2.45, 2.75) is 33.7 Å². The predicted octanol–water partition coefficient (Wildman–Crippen LogP) is 6.30. The van der Waals surface area contributed by atoms with Gasteiger partial charge in [0.1, 0.15) is 17.6 Å². The predicted molar refractivity (Wildman–Crippen MR) is 136 cm³/mol. The number of hydrogen-bond acceptors (Lipinski definition) is 5. The fourth-order valence-corrected chi connectivity index (χ4v) is 5.79. The summed E-state index contributed by atoms with van der Waals surface area (Å²) >= 11 is 1.26. The molecule has 4 aromatic rings. The van der Waals surface area contributed by atoms with E-state index in [4.69, 9.17) is 0 Å². The number of hydrogen-bond donors (Lipinski definition) is 1. The minimum Gasteiger partial charge on any atom is -0.507 e. The Morgan fingerprint density at radius 2 is 1.71 bits per heavy atom. The van der Waals surface area contributed by atoms with Crippen LogP contribution in [0.15, 0.2) is 60.2 Å². The van der Waals surface area contributed by atoms with Crippen LogP contribution in [0.3, 0.4) is 0 Å². The molecule has 3 aromatic carbocycles. The van der Waals surface area contributed by atoms with E-state index < -0.39 is 23.5 Å². The second kappa shape index (κ2) is 8.43. The maximum atomic E-state index is 15.1. The van der Waals surface area contributed by atoms with Gasteiger partial charge in [-0.3, -0.25) is 14.5 Å². The molecule has 0 aliphatic carbocycles. The normalized spacial score (nSPS) is 17.5. The third-order valence-corrected chi connectivity index (χ3v) is 7.32. The molecule has 5 rings (SSSR count). The number of thiazole rings is 1. The summed E-state index contributed by atoms with van der Waals surface area (Å²) in [4.78, 5) is 32.7. The van der Waals surface area contributed by atoms with Crippen LogP contribution in [0.4, 0.5) is 9.52 Å². The smallest absolute Gasteiger partial charge is 0.301 e. The summed E-state index contributed by atoms with van der Waals surface area (Å²) < 4.78 is 16.0. The molecule has 1 aliphatic rings. The van der Waals surface area contributed by atoms with Crippen LogP contribution >= 0.6 is 11.3 Å². The summed E-state index contributed by atoms with van der Waals surface area (Å²) in [6.07, 6.45) is 0. The number of nitrogens with zero attached hydrogens (tertiary/aromatic N) is 2. The van der Waals surface area contributed by atoms with Crippen LogP contribution in [0, 0.1) is 33.5 Å². The molecule has 0 radical (unpaired) electrons. The minimum absolute atomic E-state index is 0.116. The molecule has 1 aliphatic heterocycles. The lowest BCUT2D eigenvalue weighted by molar-refractivity contribution is -0.132. The van der Waals surface area contributed by atoms with E-state index in [2.05, 4.69) is 4.98 Å². The van der Waals surface area contributed by atoms with Crippen LogP contribution in [0.1, 0.15) is 39.4 Å². The summed E-state index contributed by atoms with van der Waals surface area (Å²) in [5.41, 5.74) is 4.72. The number of ketones is 1. The van der Waals surface area contributed by atoms with Crippen LogP contribution in [-0.2, 0) is 9.59 Å². The van der Waals surface area contributed by atoms with Gasteiger partial charge in [0, 0.05) is 11.1 Å². The lowest BCUT2D eigenvalue weighted by Gasteiger charge is -2.23. The van der Waals surface area contributed by atoms with Crippen molar-refractivity contribution in [1.29, 1.82) is 0 Å². The average Bonchev–Trinajstić information content (AvgIpc) is 3.34. The Bertz CT molecular complexity index is 1570. The number of carbonyl (C=O) groups is 2. The number of carbonyl (C=O) groups excluding carboxylic acids is 2. The highest BCUT2D eigenvalue weighted by molar-refractivity contribution is 7.22. The first-order chi connectivity index (χ1) is 16.7. The van der Waals surface area contributed by atoms with Crippen LogP contribution in [0.5, 0.6) is 0 Å². The molecular weight excluding hydrogens is 463 g/mol. The largest absolute Gasteiger partial charge is 0.507 e. The summed E-state index contributed by atoms with van der Waals surface area (Å²) in [6.45, 7) is 7.58. The molecule has 1 fully saturated rings. The van der Waals surface area contributed by atoms with Gasteiger partial charge in [0.2, 0.25) is 0 Å². The molecule has 1 atom stereocenters. The fourth-order valence-electron chi connectivity index (χ4n) is 4.62. The van der Waals surface area contributed by atoms with E-state index in [-0.39, 0.29) is 22.0 Å². The number of anilines is 1. The fraction of sp³-hybridized carbons (Fsp3) is 0.179. The van der Waals surface area contributed by atoms with Crippen molar-refractivity contribution in [3.63, 3.8) is 0 Å². The number of rotatable bonds is 3. The molecule has 2 heterocycles. The topological polar surface area (TPSA) is 70.5 Å². The van der Waals surface area contributed by atoms with Gasteiger partial charge in [-0.2, -0.15) is 0 Å². The number of aryl methyl sites for hydroxylation is 4. The quantitative estimate of drug-likeness (QED) is 0.210. The van der Waals surface area contributed by atoms with Crippen molar-refractivity contribution in [2.24, 2.45) is 0 Å². The number of aliphatic hydroxyl groups excluding tert-OH is 1. The van der Waals surface area contributed by atoms with Gasteiger partial charge in [0.25, 0.3) is 5.78 Å². The average molecular weight is 487 g/mol. The lowest BCUT2D eigenvalue weighted by atomic mass is 9.93. The molecule has 35 heavy (non-hydrogen) atoms. The molecule has 1 unspecified atom stereocenters. The highest BCUT2D eigenvalue weighted by Crippen LogP contribution is 2.45. The van der Waals surface area contributed by atoms with Crippen molar-refractivity contribution in [1.82, 2.24) is 4.98 Å². The van der Waals surface area contributed by atoms with E-state index in [0.717, 1.165) is 32.5 Å². The molecular formula is C28H23FN2O3S. The van der Waals surface area contributed by atoms with E-state index in [1.807, 2.05) is 45.0 Å². The number of benzene rings is 3. The van der Waals surface area contributed by atoms with Crippen molar-refractivity contribution in [3.8, 4) is 0 Å². The standard InChI is InChI=1S/C28H23FN2O3S/c1-14-9-10-16(3)19(12-14)25(32)22-24(18-7-5-6-8-20(18)29)31(27(34)26(22)33)28-30-23-17(4)11-15(2)13-21(23)35-28/h5-13,24,32H,1-4H3. The van der Waals surface area contributed by atoms with Crippen LogP contribution in [0.25, 0.3) is 16.0 Å². The van der Waals surface area contributed by atoms with Gasteiger partial charge in [0.15, 0.2) is 5.13 Å². The van der Waals surface area contributed by atoms with Gasteiger partial charge in [0.05, 0.1) is 15.8 Å². The Hall–Kier alpha value is -3.84. The maximum Gasteiger partial charge on any atom is 0.301 e. The molecule has 0 bridgehead atoms. The van der Waals surface area contributed by atoms with Crippen molar-refractivity contribution >= 4 is 44.1 Å². The minimum atomic E-state index is -1.15. The number of Topliss-reactive ketones (excluding diaryl/α,β-unsaturated/α-hetero) is 1. The van der Waals surface area contributed by atoms with Gasteiger partial charge in [-0.05, 0) is 62.6 Å². The summed E-state index contributed by atoms with van der Waals surface area (Å²) in [7, 11) is 0. The number of aromatic nitrogens is 1. The second-order valence-corrected chi connectivity index (χ2v) is 9.94. The van der Waals surface area contributed by atoms with Crippen LogP contribution in [-0.4, -0.2) is 21.8 Å². The SMILES string of the molecule is Cc1ccc(C)c(C(O)=C2C(=O)C(=O)N(c3nc4c(C)cc(C)cc4s3)C2c2ccccc2F)c1. The molecule has 1 N–H and O–H groups in total. The number of fused-ring (bicyclic) bond motifs is 1. The monoisotopic (exact) mass is 486 g/mol. The molecule has 0 spiro atoms. The van der Waals surface area contributed by atoms with Crippen LogP contribution in [0.2, 0.25) is 0 Å². The molecule has 1 saturated heterocycles. The molecule has 0 saturated carbocycles. The zero-order valence-electron chi connectivity index (χ0n) is 19.7. The highest BCUT2D eigenvalue weighted by Gasteiger charge is 2.49. The molecule has 1 amide bonds. The van der Waals surface area contributed by atoms with E-state index in [0.29, 0.717) is 5.56 Å². The lowest BCUT2D eigenvalue weighted by Crippen LogP contribution is -2.29. The molecule has 176 valence electrons. The van der Waals surface area contributed by atoms with E-state index in [1.165, 1.54) is 28.4 Å². The second-order valence-electron chi connectivity index (χ2n) is 8.93. The highest BCUT2D eigenvalue weighted by atomic mass is 32.1. The third kappa shape index (κ3) is 3.72. The Morgan fingerprint density at radius 1 is 0.971 bits per heavy atom. The zero-order chi connectivity index (χ0) is 25.0. The van der Waals surface area contributed by atoms with Gasteiger partial charge in [-0.15, -0.1) is 0 Å². The Morgan fingerprint density at radius 3 is 2.46 bits per heavy atom. The van der Waals surface area contributed by atoms with Crippen molar-refractivity contribution in [3.05, 3.63) is 99.4 Å². The van der Waals surface area contributed by atoms with E-state index in [9.17, 15) is 14.7 Å². The van der Waals surface area contributed by atoms with Gasteiger partial charge >= 0.3 is 5.91 Å². The zero-order valence-corrected chi connectivity index (χ0v) is 20.5. The maximum absolute atomic E-state index is 15.1. The molecule has 1 aromatic heterocycles. The Kier molecular flexibility index (Phi) is 5.52. The van der Waals surface area contributed by atoms with Gasteiger partial charge in [-0.1, -0.05) is 53.3 Å². The Labute approximate surface area is 206 Å². The van der Waals surface area contributed by atoms with E-state index >= 15 is 4.39 Å². The molecule has 5 nitrogen and oxygen atoms in total. The third-order valence-electron chi connectivity index (χ3n) is 6.32. The van der Waals surface area contributed by atoms with Gasteiger partial charge in [-0.25, -0.2) is 9.37 Å². The first-order valence-electron chi connectivity index (χ1n) is 11.2. The summed E-state index contributed by atoms with van der Waals surface area (Å²) in [6, 6.07) is 14.3. The number of amides is 1. The number of aliphatic hydroxyl groups is 1. The molecule has 7 heteroatoms. The summed E-state index contributed by atoms with van der Waals surface area (Å²) in [5.74, 6) is -2.62. The Balaban J connectivity index is 1.79. The van der Waals surface area contributed by atoms with E-state index in [1.54, 1.807) is 25.1 Å². The van der Waals surface area contributed by atoms with Crippen molar-refractivity contribution < 1.29 is 19.1 Å². The number of halogens is 1. The first kappa shape index (κ1) is 22.9. The first-order valence-corrected chi connectivity index (χ1v) is 12.0. The van der Waals surface area contributed by atoms with Gasteiger partial charge < -0.3 is 5.11 Å².